The summed E-state index contributed by atoms with van der Waals surface area (Å²) < 4.78 is 8.93. The summed E-state index contributed by atoms with van der Waals surface area (Å²) in [4.78, 5) is 24.7. The number of nitrogens with zero attached hydrogens (tertiary/aromatic N) is 1. The average Bonchev–Trinajstić information content (AvgIpc) is 2.43. The maximum Gasteiger partial charge on any atom is 0.351 e. The molecule has 0 fully saturated rings. The summed E-state index contributed by atoms with van der Waals surface area (Å²) in [6.07, 6.45) is 3.75. The summed E-state index contributed by atoms with van der Waals surface area (Å²) in [6, 6.07) is 5.86. The Labute approximate surface area is 111 Å². The van der Waals surface area contributed by atoms with Gasteiger partial charge in [-0.3, -0.25) is 0 Å². The minimum atomic E-state index is -0.941. The third kappa shape index (κ3) is 7.46. The van der Waals surface area contributed by atoms with Gasteiger partial charge in [0, 0.05) is 12.1 Å². The van der Waals surface area contributed by atoms with E-state index in [1.165, 1.54) is 5.87 Å². The first kappa shape index (κ1) is 16.5. The molecule has 6 heteroatoms. The Bertz CT molecular complexity index is 393. The molecule has 1 aromatic rings. The maximum absolute atomic E-state index is 10.9. The van der Waals surface area contributed by atoms with Crippen molar-refractivity contribution in [2.24, 2.45) is 0 Å². The van der Waals surface area contributed by atoms with Crippen LogP contribution in [0.4, 0.5) is 0 Å². The predicted molar refractivity (Wildman–Crippen MR) is 68.1 cm³/mol. The Balaban J connectivity index is 0.000000443. The van der Waals surface area contributed by atoms with E-state index in [2.05, 4.69) is 14.5 Å². The molecular formula is C13H16N2O4. The fourth-order valence-electron chi connectivity index (χ4n) is 0.923. The molecule has 0 aliphatic carbocycles. The van der Waals surface area contributed by atoms with Crippen molar-refractivity contribution in [3.63, 3.8) is 0 Å². The normalized spacial score (nSPS) is 8.32. The quantitative estimate of drug-likeness (QED) is 0.264. The van der Waals surface area contributed by atoms with Crippen LogP contribution in [0, 0.1) is 0 Å². The molecule has 1 heterocycles. The number of aromatic nitrogens is 1. The largest absolute Gasteiger partial charge is 0.762 e. The van der Waals surface area contributed by atoms with E-state index in [0.29, 0.717) is 0 Å². The number of hydrogen-bond donors (Lipinski definition) is 0. The number of carbonyl (C=O) groups is 2. The van der Waals surface area contributed by atoms with Crippen molar-refractivity contribution in [1.82, 2.24) is 0 Å². The van der Waals surface area contributed by atoms with Crippen molar-refractivity contribution < 1.29 is 24.0 Å². The number of aromatic amines is 1. The number of hydrogen-bond acceptors (Lipinski definition) is 4. The number of ether oxygens (including phenoxy) is 2. The zero-order valence-corrected chi connectivity index (χ0v) is 10.9. The molecule has 0 aromatic carbocycles. The molecule has 19 heavy (non-hydrogen) atoms. The molecule has 0 atom stereocenters. The molecule has 0 aliphatic heterocycles. The Kier molecular flexibility index (Phi) is 9.30. The van der Waals surface area contributed by atoms with Crippen molar-refractivity contribution in [3.05, 3.63) is 41.6 Å². The summed E-state index contributed by atoms with van der Waals surface area (Å²) >= 11 is 0. The topological polar surface area (TPSA) is 89.0 Å². The number of esters is 2. The van der Waals surface area contributed by atoms with Gasteiger partial charge in [-0.15, -0.1) is 0 Å². The average molecular weight is 264 g/mol. The van der Waals surface area contributed by atoms with E-state index in [1.807, 2.05) is 30.6 Å². The Morgan fingerprint density at radius 3 is 1.74 bits per heavy atom. The number of rotatable bonds is 4. The molecule has 6 nitrogen and oxygen atoms in total. The molecule has 0 unspecified atom stereocenters. The van der Waals surface area contributed by atoms with Crippen LogP contribution in [0.1, 0.15) is 13.8 Å². The van der Waals surface area contributed by atoms with Crippen LogP contribution in [0.2, 0.25) is 0 Å². The van der Waals surface area contributed by atoms with E-state index in [0.717, 1.165) is 0 Å². The molecule has 1 N–H and O–H groups in total. The number of nitrogens with one attached hydrogen (secondary N) is 1. The van der Waals surface area contributed by atoms with Crippen LogP contribution in [0.15, 0.2) is 36.2 Å². The van der Waals surface area contributed by atoms with Crippen LogP contribution < -0.4 is 4.98 Å². The Morgan fingerprint density at radius 1 is 1.05 bits per heavy atom. The van der Waals surface area contributed by atoms with E-state index < -0.39 is 17.5 Å². The lowest BCUT2D eigenvalue weighted by molar-refractivity contribution is -0.377. The van der Waals surface area contributed by atoms with Gasteiger partial charge in [0.1, 0.15) is 0 Å². The van der Waals surface area contributed by atoms with Crippen molar-refractivity contribution in [1.29, 1.82) is 0 Å². The SMILES string of the molecule is CCOC(=O)C(=C=[N-])C(=O)OCC.c1cc[nH+]cc1. The Hall–Kier alpha value is -2.46. The highest BCUT2D eigenvalue weighted by Crippen LogP contribution is 1.97. The highest BCUT2D eigenvalue weighted by Gasteiger charge is 2.18. The van der Waals surface area contributed by atoms with Gasteiger partial charge in [-0.1, -0.05) is 6.07 Å². The molecule has 1 rings (SSSR count). The van der Waals surface area contributed by atoms with Gasteiger partial charge in [0.25, 0.3) is 0 Å². The van der Waals surface area contributed by atoms with E-state index in [-0.39, 0.29) is 13.2 Å². The molecule has 0 saturated carbocycles. The molecular weight excluding hydrogens is 248 g/mol. The van der Waals surface area contributed by atoms with Crippen molar-refractivity contribution in [3.8, 4) is 0 Å². The highest BCUT2D eigenvalue weighted by atomic mass is 16.6. The molecule has 0 aliphatic rings. The highest BCUT2D eigenvalue weighted by molar-refractivity contribution is 6.21. The molecule has 0 saturated heterocycles. The molecule has 0 bridgehead atoms. The maximum atomic E-state index is 10.9. The summed E-state index contributed by atoms with van der Waals surface area (Å²) in [6.45, 7) is 3.39. The van der Waals surface area contributed by atoms with Gasteiger partial charge in [0.05, 0.1) is 13.2 Å². The van der Waals surface area contributed by atoms with Crippen LogP contribution in [-0.2, 0) is 19.1 Å². The van der Waals surface area contributed by atoms with Gasteiger partial charge in [0.15, 0.2) is 18.0 Å². The van der Waals surface area contributed by atoms with E-state index in [4.69, 9.17) is 5.41 Å². The third-order valence-electron chi connectivity index (χ3n) is 1.68. The van der Waals surface area contributed by atoms with Crippen LogP contribution in [0.25, 0.3) is 5.41 Å². The first-order chi connectivity index (χ1) is 9.17. The smallest absolute Gasteiger partial charge is 0.351 e. The minimum absolute atomic E-state index is 0.115. The lowest BCUT2D eigenvalue weighted by Crippen LogP contribution is -2.18. The lowest BCUT2D eigenvalue weighted by Gasteiger charge is -2.04. The monoisotopic (exact) mass is 264 g/mol. The summed E-state index contributed by atoms with van der Waals surface area (Å²) in [7, 11) is 0. The van der Waals surface area contributed by atoms with Crippen molar-refractivity contribution in [2.45, 2.75) is 13.8 Å². The molecule has 0 spiro atoms. The van der Waals surface area contributed by atoms with Crippen molar-refractivity contribution >= 4 is 17.8 Å². The molecule has 0 radical (unpaired) electrons. The van der Waals surface area contributed by atoms with Crippen LogP contribution >= 0.6 is 0 Å². The predicted octanol–water partition coefficient (Wildman–Crippen LogP) is 0.779. The first-order valence-corrected chi connectivity index (χ1v) is 5.69. The molecule has 102 valence electrons. The van der Waals surface area contributed by atoms with E-state index in [1.54, 1.807) is 13.8 Å². The minimum Gasteiger partial charge on any atom is -0.762 e. The van der Waals surface area contributed by atoms with Gasteiger partial charge in [-0.05, 0) is 13.8 Å². The fourth-order valence-corrected chi connectivity index (χ4v) is 0.923. The van der Waals surface area contributed by atoms with Gasteiger partial charge in [-0.25, -0.2) is 20.4 Å². The lowest BCUT2D eigenvalue weighted by atomic mass is 10.3. The van der Waals surface area contributed by atoms with Crippen molar-refractivity contribution in [2.75, 3.05) is 13.2 Å². The zero-order valence-electron chi connectivity index (χ0n) is 10.9. The van der Waals surface area contributed by atoms with Gasteiger partial charge >= 0.3 is 11.9 Å². The number of H-pyrrole nitrogens is 1. The van der Waals surface area contributed by atoms with E-state index in [9.17, 15) is 9.59 Å². The summed E-state index contributed by atoms with van der Waals surface area (Å²) in [5.41, 5.74) is -0.622. The van der Waals surface area contributed by atoms with Gasteiger partial charge in [0.2, 0.25) is 0 Å². The van der Waals surface area contributed by atoms with E-state index >= 15 is 0 Å². The summed E-state index contributed by atoms with van der Waals surface area (Å²) in [5, 5.41) is 8.43. The number of carbonyl (C=O) groups excluding carboxylic acids is 2. The second kappa shape index (κ2) is 10.7. The number of pyridine rings is 1. The molecule has 1 aromatic heterocycles. The fraction of sp³-hybridized carbons (Fsp3) is 0.308. The first-order valence-electron chi connectivity index (χ1n) is 5.69. The molecule has 0 amide bonds. The summed E-state index contributed by atoms with van der Waals surface area (Å²) in [5.74, 6) is -0.444. The second-order valence-corrected chi connectivity index (χ2v) is 3.01. The zero-order chi connectivity index (χ0) is 14.5. The third-order valence-corrected chi connectivity index (χ3v) is 1.68. The standard InChI is InChI=1S/C8H10NO4.C5H5N/c1-3-12-7(10)6(5-9)8(11)13-4-2;1-2-4-6-5-3-1/h3-4H2,1-2H3;1-5H/q-1;/p+1. The van der Waals surface area contributed by atoms with Gasteiger partial charge in [-0.2, -0.15) is 0 Å². The van der Waals surface area contributed by atoms with Crippen LogP contribution in [0.3, 0.4) is 0 Å². The second-order valence-electron chi connectivity index (χ2n) is 3.01. The Morgan fingerprint density at radius 2 is 1.53 bits per heavy atom. The van der Waals surface area contributed by atoms with Gasteiger partial charge < -0.3 is 14.9 Å². The van der Waals surface area contributed by atoms with Crippen LogP contribution in [-0.4, -0.2) is 31.0 Å². The van der Waals surface area contributed by atoms with Crippen LogP contribution in [0.5, 0.6) is 0 Å².